The van der Waals surface area contributed by atoms with Gasteiger partial charge < -0.3 is 20.3 Å². The minimum absolute atomic E-state index is 0.0681. The summed E-state index contributed by atoms with van der Waals surface area (Å²) in [6.07, 6.45) is 3.14. The van der Waals surface area contributed by atoms with Gasteiger partial charge in [-0.3, -0.25) is 9.59 Å². The fraction of sp³-hybridized carbons (Fsp3) is 0.429. The molecule has 3 rings (SSSR count). The summed E-state index contributed by atoms with van der Waals surface area (Å²) in [5, 5.41) is 6.50. The number of benzene rings is 1. The third-order valence-electron chi connectivity index (χ3n) is 4.89. The number of carbonyl (C=O) groups excluding carboxylic acids is 2. The average Bonchev–Trinajstić information content (AvgIpc) is 2.79. The minimum atomic E-state index is -0.104. The molecule has 2 aromatic rings. The van der Waals surface area contributed by atoms with E-state index in [1.807, 2.05) is 13.0 Å². The molecule has 0 saturated carbocycles. The first-order valence-corrected chi connectivity index (χ1v) is 11.0. The van der Waals surface area contributed by atoms with E-state index >= 15 is 0 Å². The van der Waals surface area contributed by atoms with E-state index in [0.717, 1.165) is 48.2 Å². The Morgan fingerprint density at radius 1 is 1.20 bits per heavy atom. The molecule has 1 saturated heterocycles. The fourth-order valence-electron chi connectivity index (χ4n) is 3.28. The van der Waals surface area contributed by atoms with Gasteiger partial charge in [-0.15, -0.1) is 0 Å². The molecule has 8 nitrogen and oxygen atoms in total. The lowest BCUT2D eigenvalue weighted by molar-refractivity contribution is -0.125. The summed E-state index contributed by atoms with van der Waals surface area (Å²) >= 11 is 1.37. The number of thioether (sulfide) groups is 1. The predicted octanol–water partition coefficient (Wildman–Crippen LogP) is 2.57. The van der Waals surface area contributed by atoms with Crippen LogP contribution in [0.2, 0.25) is 0 Å². The van der Waals surface area contributed by atoms with Gasteiger partial charge in [-0.1, -0.05) is 11.8 Å². The van der Waals surface area contributed by atoms with Crippen LogP contribution < -0.4 is 20.3 Å². The van der Waals surface area contributed by atoms with E-state index in [9.17, 15) is 9.59 Å². The van der Waals surface area contributed by atoms with Gasteiger partial charge in [-0.25, -0.2) is 9.97 Å². The highest BCUT2D eigenvalue weighted by molar-refractivity contribution is 7.99. The highest BCUT2D eigenvalue weighted by Crippen LogP contribution is 2.25. The molecule has 1 aliphatic heterocycles. The minimum Gasteiger partial charge on any atom is -0.497 e. The first kappa shape index (κ1) is 21.9. The van der Waals surface area contributed by atoms with Crippen molar-refractivity contribution in [1.82, 2.24) is 15.3 Å². The first-order chi connectivity index (χ1) is 14.6. The van der Waals surface area contributed by atoms with Crippen LogP contribution in [-0.2, 0) is 9.59 Å². The van der Waals surface area contributed by atoms with Crippen LogP contribution in [0.4, 0.5) is 11.5 Å². The molecule has 0 radical (unpaired) electrons. The van der Waals surface area contributed by atoms with Crippen LogP contribution in [0.1, 0.15) is 19.8 Å². The van der Waals surface area contributed by atoms with Crippen molar-refractivity contribution in [1.29, 1.82) is 0 Å². The number of ether oxygens (including phenoxy) is 1. The summed E-state index contributed by atoms with van der Waals surface area (Å²) in [7, 11) is 1.60. The van der Waals surface area contributed by atoms with Crippen LogP contribution >= 0.6 is 11.8 Å². The van der Waals surface area contributed by atoms with E-state index in [1.165, 1.54) is 18.1 Å². The Bertz CT molecular complexity index is 854. The van der Waals surface area contributed by atoms with Gasteiger partial charge >= 0.3 is 0 Å². The van der Waals surface area contributed by atoms with Gasteiger partial charge in [0.05, 0.1) is 12.9 Å². The van der Waals surface area contributed by atoms with Crippen LogP contribution in [0.15, 0.2) is 41.7 Å². The molecule has 1 aliphatic rings. The second kappa shape index (κ2) is 10.8. The van der Waals surface area contributed by atoms with E-state index in [4.69, 9.17) is 4.74 Å². The molecule has 2 heterocycles. The SMILES string of the molecule is CCNC(=O)C1CCN(c2cc(SCC(=O)Nc3ccc(OC)cc3)ncn2)CC1. The maximum absolute atomic E-state index is 12.2. The Morgan fingerprint density at radius 3 is 2.60 bits per heavy atom. The maximum Gasteiger partial charge on any atom is 0.234 e. The summed E-state index contributed by atoms with van der Waals surface area (Å²) in [5.74, 6) is 1.93. The number of amides is 2. The maximum atomic E-state index is 12.2. The molecule has 1 aromatic heterocycles. The van der Waals surface area contributed by atoms with Gasteiger partial charge in [0, 0.05) is 37.3 Å². The third kappa shape index (κ3) is 6.09. The molecule has 2 amide bonds. The van der Waals surface area contributed by atoms with E-state index in [-0.39, 0.29) is 23.5 Å². The molecule has 0 atom stereocenters. The molecule has 160 valence electrons. The van der Waals surface area contributed by atoms with Crippen molar-refractivity contribution in [3.63, 3.8) is 0 Å². The van der Waals surface area contributed by atoms with Crippen molar-refractivity contribution < 1.29 is 14.3 Å². The Hall–Kier alpha value is -2.81. The quantitative estimate of drug-likeness (QED) is 0.492. The number of methoxy groups -OCH3 is 1. The third-order valence-corrected chi connectivity index (χ3v) is 5.82. The molecule has 1 fully saturated rings. The lowest BCUT2D eigenvalue weighted by Gasteiger charge is -2.32. The molecule has 0 unspecified atom stereocenters. The monoisotopic (exact) mass is 429 g/mol. The predicted molar refractivity (Wildman–Crippen MR) is 118 cm³/mol. The average molecular weight is 430 g/mol. The van der Waals surface area contributed by atoms with Crippen molar-refractivity contribution in [2.24, 2.45) is 5.92 Å². The highest BCUT2D eigenvalue weighted by atomic mass is 32.2. The number of carbonyl (C=O) groups is 2. The number of rotatable bonds is 8. The molecule has 0 bridgehead atoms. The number of piperidine rings is 1. The summed E-state index contributed by atoms with van der Waals surface area (Å²) in [6, 6.07) is 9.10. The van der Waals surface area contributed by atoms with E-state index in [1.54, 1.807) is 31.4 Å². The van der Waals surface area contributed by atoms with Gasteiger partial charge in [0.25, 0.3) is 0 Å². The van der Waals surface area contributed by atoms with Crippen molar-refractivity contribution in [2.45, 2.75) is 24.8 Å². The zero-order chi connectivity index (χ0) is 21.3. The van der Waals surface area contributed by atoms with Crippen molar-refractivity contribution >= 4 is 35.1 Å². The van der Waals surface area contributed by atoms with Crippen molar-refractivity contribution in [3.05, 3.63) is 36.7 Å². The molecule has 2 N–H and O–H groups in total. The molecule has 30 heavy (non-hydrogen) atoms. The number of hydrogen-bond acceptors (Lipinski definition) is 7. The highest BCUT2D eigenvalue weighted by Gasteiger charge is 2.25. The Labute approximate surface area is 180 Å². The summed E-state index contributed by atoms with van der Waals surface area (Å²) in [4.78, 5) is 35.0. The normalized spacial score (nSPS) is 14.3. The zero-order valence-electron chi connectivity index (χ0n) is 17.3. The summed E-state index contributed by atoms with van der Waals surface area (Å²) < 4.78 is 5.11. The van der Waals surface area contributed by atoms with Gasteiger partial charge in [-0.2, -0.15) is 0 Å². The Balaban J connectivity index is 1.49. The molecular weight excluding hydrogens is 402 g/mol. The van der Waals surface area contributed by atoms with E-state index < -0.39 is 0 Å². The van der Waals surface area contributed by atoms with Crippen LogP contribution in [0.25, 0.3) is 0 Å². The number of anilines is 2. The van der Waals surface area contributed by atoms with Crippen molar-refractivity contribution in [2.75, 3.05) is 42.7 Å². The second-order valence-electron chi connectivity index (χ2n) is 6.94. The van der Waals surface area contributed by atoms with Gasteiger partial charge in [0.2, 0.25) is 11.8 Å². The number of aromatic nitrogens is 2. The molecule has 0 aliphatic carbocycles. The summed E-state index contributed by atoms with van der Waals surface area (Å²) in [5.41, 5.74) is 0.722. The number of nitrogens with zero attached hydrogens (tertiary/aromatic N) is 3. The van der Waals surface area contributed by atoms with Crippen LogP contribution in [-0.4, -0.2) is 54.3 Å². The van der Waals surface area contributed by atoms with E-state index in [0.29, 0.717) is 6.54 Å². The van der Waals surface area contributed by atoms with E-state index in [2.05, 4.69) is 25.5 Å². The van der Waals surface area contributed by atoms with Gasteiger partial charge in [0.1, 0.15) is 22.9 Å². The Morgan fingerprint density at radius 2 is 1.93 bits per heavy atom. The molecular formula is C21H27N5O3S. The topological polar surface area (TPSA) is 96.5 Å². The summed E-state index contributed by atoms with van der Waals surface area (Å²) in [6.45, 7) is 4.16. The van der Waals surface area contributed by atoms with Gasteiger partial charge in [-0.05, 0) is 44.0 Å². The molecule has 9 heteroatoms. The first-order valence-electron chi connectivity index (χ1n) is 10.0. The lowest BCUT2D eigenvalue weighted by atomic mass is 9.96. The largest absolute Gasteiger partial charge is 0.497 e. The Kier molecular flexibility index (Phi) is 7.89. The van der Waals surface area contributed by atoms with Crippen LogP contribution in [0, 0.1) is 5.92 Å². The van der Waals surface area contributed by atoms with Crippen LogP contribution in [0.3, 0.4) is 0 Å². The van der Waals surface area contributed by atoms with Gasteiger partial charge in [0.15, 0.2) is 0 Å². The molecule has 0 spiro atoms. The molecule has 1 aromatic carbocycles. The number of nitrogens with one attached hydrogen (secondary N) is 2. The van der Waals surface area contributed by atoms with Crippen molar-refractivity contribution in [3.8, 4) is 5.75 Å². The standard InChI is InChI=1S/C21H27N5O3S/c1-3-22-21(28)15-8-10-26(11-9-15)18-12-20(24-14-23-18)30-13-19(27)25-16-4-6-17(29-2)7-5-16/h4-7,12,14-15H,3,8-11,13H2,1-2H3,(H,22,28)(H,25,27). The second-order valence-corrected chi connectivity index (χ2v) is 7.93. The number of hydrogen-bond donors (Lipinski definition) is 2. The smallest absolute Gasteiger partial charge is 0.234 e. The fourth-order valence-corrected chi connectivity index (χ4v) is 3.94. The van der Waals surface area contributed by atoms with Crippen LogP contribution in [0.5, 0.6) is 5.75 Å². The zero-order valence-corrected chi connectivity index (χ0v) is 18.1. The lowest BCUT2D eigenvalue weighted by Crippen LogP contribution is -2.40.